The SMILES string of the molecule is CC(C)c1cc(C(C)C)c(-c2ccc3c(n2)C(=O)CCC3)c(C(C)C)c1. The van der Waals surface area contributed by atoms with Gasteiger partial charge in [0.15, 0.2) is 5.78 Å². The van der Waals surface area contributed by atoms with Gasteiger partial charge in [0, 0.05) is 12.0 Å². The molecule has 0 radical (unpaired) electrons. The normalized spacial score (nSPS) is 14.4. The van der Waals surface area contributed by atoms with Crippen molar-refractivity contribution in [3.8, 4) is 11.3 Å². The minimum atomic E-state index is 0.198. The Balaban J connectivity index is 2.26. The average molecular weight is 350 g/mol. The Morgan fingerprint density at radius 2 is 1.46 bits per heavy atom. The van der Waals surface area contributed by atoms with Crippen LogP contribution in [-0.4, -0.2) is 10.8 Å². The van der Waals surface area contributed by atoms with Gasteiger partial charge in [-0.1, -0.05) is 59.7 Å². The van der Waals surface area contributed by atoms with Gasteiger partial charge in [-0.05, 0) is 58.9 Å². The standard InChI is InChI=1S/C24H31NO/c1-14(2)18-12-19(15(3)4)23(20(13-18)16(5)6)21-11-10-17-8-7-9-22(26)24(17)25-21/h10-16H,7-9H2,1-6H3. The summed E-state index contributed by atoms with van der Waals surface area (Å²) in [7, 11) is 0. The highest BCUT2D eigenvalue weighted by Gasteiger charge is 2.23. The molecule has 0 bridgehead atoms. The number of ketones is 1. The van der Waals surface area contributed by atoms with Crippen molar-refractivity contribution in [2.24, 2.45) is 0 Å². The van der Waals surface area contributed by atoms with Crippen molar-refractivity contribution in [1.82, 2.24) is 4.98 Å². The van der Waals surface area contributed by atoms with E-state index in [1.54, 1.807) is 0 Å². The quantitative estimate of drug-likeness (QED) is 0.619. The lowest BCUT2D eigenvalue weighted by Crippen LogP contribution is -2.14. The van der Waals surface area contributed by atoms with Gasteiger partial charge < -0.3 is 0 Å². The molecule has 2 aromatic rings. The van der Waals surface area contributed by atoms with E-state index in [4.69, 9.17) is 4.98 Å². The number of pyridine rings is 1. The summed E-state index contributed by atoms with van der Waals surface area (Å²) in [4.78, 5) is 17.3. The van der Waals surface area contributed by atoms with Crippen molar-refractivity contribution in [3.05, 3.63) is 52.2 Å². The summed E-state index contributed by atoms with van der Waals surface area (Å²) in [5.41, 5.74) is 8.08. The predicted molar refractivity (Wildman–Crippen MR) is 109 cm³/mol. The van der Waals surface area contributed by atoms with Crippen molar-refractivity contribution in [2.75, 3.05) is 0 Å². The fourth-order valence-electron chi connectivity index (χ4n) is 3.88. The highest BCUT2D eigenvalue weighted by molar-refractivity contribution is 5.97. The molecule has 0 fully saturated rings. The summed E-state index contributed by atoms with van der Waals surface area (Å²) in [6, 6.07) is 8.94. The minimum absolute atomic E-state index is 0.198. The number of hydrogen-bond donors (Lipinski definition) is 0. The number of rotatable bonds is 4. The van der Waals surface area contributed by atoms with Crippen LogP contribution in [0.4, 0.5) is 0 Å². The van der Waals surface area contributed by atoms with Crippen LogP contribution in [0.15, 0.2) is 24.3 Å². The molecule has 1 aromatic heterocycles. The van der Waals surface area contributed by atoms with E-state index >= 15 is 0 Å². The molecule has 2 nitrogen and oxygen atoms in total. The first-order valence-electron chi connectivity index (χ1n) is 10.0. The summed E-state index contributed by atoms with van der Waals surface area (Å²) >= 11 is 0. The Hall–Kier alpha value is -1.96. The molecule has 0 N–H and O–H groups in total. The van der Waals surface area contributed by atoms with Crippen LogP contribution in [0.1, 0.15) is 105 Å². The van der Waals surface area contributed by atoms with Crippen LogP contribution < -0.4 is 0 Å². The molecule has 2 heteroatoms. The Kier molecular flexibility index (Phi) is 5.32. The van der Waals surface area contributed by atoms with Gasteiger partial charge in [-0.15, -0.1) is 0 Å². The molecule has 0 spiro atoms. The Morgan fingerprint density at radius 3 is 2.00 bits per heavy atom. The molecular weight excluding hydrogens is 318 g/mol. The van der Waals surface area contributed by atoms with Crippen molar-refractivity contribution in [1.29, 1.82) is 0 Å². The fourth-order valence-corrected chi connectivity index (χ4v) is 3.88. The highest BCUT2D eigenvalue weighted by Crippen LogP contribution is 2.38. The van der Waals surface area contributed by atoms with Crippen LogP contribution in [0, 0.1) is 0 Å². The van der Waals surface area contributed by atoms with Gasteiger partial charge in [-0.2, -0.15) is 0 Å². The Morgan fingerprint density at radius 1 is 0.846 bits per heavy atom. The van der Waals surface area contributed by atoms with E-state index in [0.717, 1.165) is 24.1 Å². The molecule has 1 heterocycles. The third-order valence-corrected chi connectivity index (χ3v) is 5.48. The monoisotopic (exact) mass is 349 g/mol. The molecule has 0 amide bonds. The summed E-state index contributed by atoms with van der Waals surface area (Å²) in [6.07, 6.45) is 2.54. The van der Waals surface area contributed by atoms with Crippen LogP contribution >= 0.6 is 0 Å². The number of hydrogen-bond acceptors (Lipinski definition) is 2. The van der Waals surface area contributed by atoms with Gasteiger partial charge in [-0.25, -0.2) is 4.98 Å². The number of benzene rings is 1. The van der Waals surface area contributed by atoms with E-state index in [2.05, 4.69) is 65.8 Å². The second kappa shape index (κ2) is 7.34. The molecule has 0 aliphatic heterocycles. The van der Waals surface area contributed by atoms with Gasteiger partial charge in [0.05, 0.1) is 5.69 Å². The fraction of sp³-hybridized carbons (Fsp3) is 0.500. The molecule has 1 aromatic carbocycles. The number of carbonyl (C=O) groups excluding carboxylic acids is 1. The van der Waals surface area contributed by atoms with E-state index in [0.29, 0.717) is 29.9 Å². The molecule has 0 atom stereocenters. The molecule has 3 rings (SSSR count). The maximum absolute atomic E-state index is 12.4. The zero-order valence-electron chi connectivity index (χ0n) is 17.0. The van der Waals surface area contributed by atoms with Gasteiger partial charge in [0.1, 0.15) is 5.69 Å². The van der Waals surface area contributed by atoms with Gasteiger partial charge >= 0.3 is 0 Å². The van der Waals surface area contributed by atoms with E-state index in [9.17, 15) is 4.79 Å². The maximum Gasteiger partial charge on any atom is 0.181 e. The number of Topliss-reactive ketones (excluding diaryl/α,β-unsaturated/α-hetero) is 1. The molecule has 0 saturated carbocycles. The first kappa shape index (κ1) is 18.8. The van der Waals surface area contributed by atoms with Crippen LogP contribution in [-0.2, 0) is 6.42 Å². The lowest BCUT2D eigenvalue weighted by molar-refractivity contribution is 0.0967. The zero-order chi connectivity index (χ0) is 19.0. The topological polar surface area (TPSA) is 30.0 Å². The molecule has 0 unspecified atom stereocenters. The number of nitrogens with zero attached hydrogens (tertiary/aromatic N) is 1. The lowest BCUT2D eigenvalue weighted by Gasteiger charge is -2.23. The van der Waals surface area contributed by atoms with Crippen LogP contribution in [0.25, 0.3) is 11.3 Å². The minimum Gasteiger partial charge on any atom is -0.292 e. The van der Waals surface area contributed by atoms with Gasteiger partial charge in [0.25, 0.3) is 0 Å². The predicted octanol–water partition coefficient (Wildman–Crippen LogP) is 6.64. The largest absolute Gasteiger partial charge is 0.292 e. The van der Waals surface area contributed by atoms with Crippen molar-refractivity contribution in [2.45, 2.75) is 78.6 Å². The van der Waals surface area contributed by atoms with Gasteiger partial charge in [0.2, 0.25) is 0 Å². The van der Waals surface area contributed by atoms with Crippen LogP contribution in [0.2, 0.25) is 0 Å². The number of fused-ring (bicyclic) bond motifs is 1. The number of carbonyl (C=O) groups is 1. The second-order valence-corrected chi connectivity index (χ2v) is 8.52. The van der Waals surface area contributed by atoms with E-state index in [1.165, 1.54) is 22.3 Å². The summed E-state index contributed by atoms with van der Waals surface area (Å²) in [5, 5.41) is 0. The first-order chi connectivity index (χ1) is 12.3. The Bertz CT molecular complexity index is 801. The average Bonchev–Trinajstić information content (AvgIpc) is 2.60. The van der Waals surface area contributed by atoms with Crippen LogP contribution in [0.3, 0.4) is 0 Å². The molecular formula is C24H31NO. The molecule has 138 valence electrons. The van der Waals surface area contributed by atoms with Crippen molar-refractivity contribution in [3.63, 3.8) is 0 Å². The second-order valence-electron chi connectivity index (χ2n) is 8.52. The third kappa shape index (κ3) is 3.47. The lowest BCUT2D eigenvalue weighted by atomic mass is 9.82. The van der Waals surface area contributed by atoms with E-state index in [-0.39, 0.29) is 5.78 Å². The smallest absolute Gasteiger partial charge is 0.181 e. The molecule has 1 aliphatic carbocycles. The Labute approximate surface area is 158 Å². The highest BCUT2D eigenvalue weighted by atomic mass is 16.1. The first-order valence-corrected chi connectivity index (χ1v) is 10.0. The number of aromatic nitrogens is 1. The zero-order valence-corrected chi connectivity index (χ0v) is 17.0. The third-order valence-electron chi connectivity index (χ3n) is 5.48. The molecule has 1 aliphatic rings. The summed E-state index contributed by atoms with van der Waals surface area (Å²) in [6.45, 7) is 13.5. The van der Waals surface area contributed by atoms with E-state index < -0.39 is 0 Å². The molecule has 0 saturated heterocycles. The molecule has 26 heavy (non-hydrogen) atoms. The van der Waals surface area contributed by atoms with Gasteiger partial charge in [-0.3, -0.25) is 4.79 Å². The van der Waals surface area contributed by atoms with Crippen molar-refractivity contribution >= 4 is 5.78 Å². The van der Waals surface area contributed by atoms with E-state index in [1.807, 2.05) is 0 Å². The van der Waals surface area contributed by atoms with Crippen LogP contribution in [0.5, 0.6) is 0 Å². The summed E-state index contributed by atoms with van der Waals surface area (Å²) in [5.74, 6) is 1.52. The maximum atomic E-state index is 12.4. The van der Waals surface area contributed by atoms with Crippen molar-refractivity contribution < 1.29 is 4.79 Å². The summed E-state index contributed by atoms with van der Waals surface area (Å²) < 4.78 is 0. The number of aryl methyl sites for hydroxylation is 1.